The van der Waals surface area contributed by atoms with Gasteiger partial charge in [-0.25, -0.2) is 9.97 Å². The zero-order valence-electron chi connectivity index (χ0n) is 16.1. The molecule has 7 nitrogen and oxygen atoms in total. The molecule has 30 heavy (non-hydrogen) atoms. The standard InChI is InChI=1S/C22H20BrN5O2/c23-13-7-9-14(10-8-13)28-20(24)18(22(29)25-12-15-4-3-11-30-15)19-21(28)27-17-6-2-1-5-16(17)26-19/h1-2,5-10,15H,3-4,11-12,24H2,(H,25,29)/t15-/m1/s1. The Hall–Kier alpha value is -2.97. The number of benzene rings is 2. The molecule has 1 saturated heterocycles. The fourth-order valence-electron chi connectivity index (χ4n) is 3.84. The number of rotatable bonds is 4. The summed E-state index contributed by atoms with van der Waals surface area (Å²) >= 11 is 3.46. The maximum atomic E-state index is 13.1. The van der Waals surface area contributed by atoms with E-state index in [0.717, 1.165) is 35.1 Å². The van der Waals surface area contributed by atoms with E-state index >= 15 is 0 Å². The van der Waals surface area contributed by atoms with Crippen LogP contribution >= 0.6 is 15.9 Å². The number of nitrogens with two attached hydrogens (primary N) is 1. The normalized spacial score (nSPS) is 16.4. The molecule has 0 spiro atoms. The highest BCUT2D eigenvalue weighted by Crippen LogP contribution is 2.31. The molecule has 3 N–H and O–H groups in total. The highest BCUT2D eigenvalue weighted by Gasteiger charge is 2.26. The topological polar surface area (TPSA) is 95.1 Å². The summed E-state index contributed by atoms with van der Waals surface area (Å²) in [5, 5.41) is 2.96. The molecule has 0 radical (unpaired) electrons. The lowest BCUT2D eigenvalue weighted by Gasteiger charge is -2.11. The van der Waals surface area contributed by atoms with Crippen molar-refractivity contribution in [2.45, 2.75) is 18.9 Å². The average molecular weight is 466 g/mol. The number of para-hydroxylation sites is 2. The van der Waals surface area contributed by atoms with Gasteiger partial charge in [-0.05, 0) is 49.2 Å². The summed E-state index contributed by atoms with van der Waals surface area (Å²) in [4.78, 5) is 22.7. The minimum atomic E-state index is -0.270. The highest BCUT2D eigenvalue weighted by molar-refractivity contribution is 9.10. The van der Waals surface area contributed by atoms with Gasteiger partial charge in [-0.1, -0.05) is 28.1 Å². The first-order chi connectivity index (χ1) is 14.6. The molecule has 1 aliphatic heterocycles. The van der Waals surface area contributed by atoms with Gasteiger partial charge in [0.05, 0.1) is 17.1 Å². The number of aromatic nitrogens is 3. The second-order valence-corrected chi connectivity index (χ2v) is 8.22. The number of hydrogen-bond acceptors (Lipinski definition) is 5. The Balaban J connectivity index is 1.66. The summed E-state index contributed by atoms with van der Waals surface area (Å²) in [6.45, 7) is 1.19. The zero-order valence-corrected chi connectivity index (χ0v) is 17.7. The van der Waals surface area contributed by atoms with E-state index in [0.29, 0.717) is 34.6 Å². The monoisotopic (exact) mass is 465 g/mol. The van der Waals surface area contributed by atoms with E-state index in [1.807, 2.05) is 48.5 Å². The van der Waals surface area contributed by atoms with Crippen molar-refractivity contribution in [2.24, 2.45) is 0 Å². The molecule has 0 unspecified atom stereocenters. The molecule has 152 valence electrons. The van der Waals surface area contributed by atoms with Gasteiger partial charge in [0.1, 0.15) is 16.9 Å². The van der Waals surface area contributed by atoms with E-state index in [-0.39, 0.29) is 12.0 Å². The van der Waals surface area contributed by atoms with Crippen LogP contribution in [0, 0.1) is 0 Å². The third-order valence-electron chi connectivity index (χ3n) is 5.32. The second-order valence-electron chi connectivity index (χ2n) is 7.30. The fourth-order valence-corrected chi connectivity index (χ4v) is 4.10. The zero-order chi connectivity index (χ0) is 20.7. The lowest BCUT2D eigenvalue weighted by atomic mass is 10.2. The van der Waals surface area contributed by atoms with Gasteiger partial charge in [-0.15, -0.1) is 0 Å². The van der Waals surface area contributed by atoms with Crippen molar-refractivity contribution in [1.82, 2.24) is 19.9 Å². The van der Waals surface area contributed by atoms with Crippen LogP contribution < -0.4 is 11.1 Å². The Morgan fingerprint density at radius 1 is 1.17 bits per heavy atom. The Bertz CT molecular complexity index is 1250. The summed E-state index contributed by atoms with van der Waals surface area (Å²) in [5.74, 6) is 0.0425. The number of fused-ring (bicyclic) bond motifs is 2. The molecule has 1 atom stereocenters. The minimum Gasteiger partial charge on any atom is -0.384 e. The van der Waals surface area contributed by atoms with Gasteiger partial charge in [0.15, 0.2) is 5.65 Å². The van der Waals surface area contributed by atoms with Crippen LogP contribution in [-0.2, 0) is 4.74 Å². The van der Waals surface area contributed by atoms with Crippen LogP contribution in [0.25, 0.3) is 27.9 Å². The van der Waals surface area contributed by atoms with Crippen LogP contribution in [0.4, 0.5) is 5.82 Å². The number of carbonyl (C=O) groups is 1. The largest absolute Gasteiger partial charge is 0.384 e. The number of halogens is 1. The number of carbonyl (C=O) groups excluding carboxylic acids is 1. The number of ether oxygens (including phenoxy) is 1. The summed E-state index contributed by atoms with van der Waals surface area (Å²) in [5.41, 5.74) is 10.2. The van der Waals surface area contributed by atoms with Crippen molar-refractivity contribution in [2.75, 3.05) is 18.9 Å². The molecule has 4 aromatic rings. The molecule has 2 aromatic carbocycles. The van der Waals surface area contributed by atoms with Crippen molar-refractivity contribution in [3.8, 4) is 5.69 Å². The summed E-state index contributed by atoms with van der Waals surface area (Å²) in [7, 11) is 0. The van der Waals surface area contributed by atoms with Crippen molar-refractivity contribution in [1.29, 1.82) is 0 Å². The Morgan fingerprint density at radius 2 is 1.90 bits per heavy atom. The van der Waals surface area contributed by atoms with Crippen LogP contribution in [-0.4, -0.2) is 39.7 Å². The Kier molecular flexibility index (Phi) is 4.88. The third kappa shape index (κ3) is 3.32. The Labute approximate surface area is 181 Å². The van der Waals surface area contributed by atoms with Gasteiger partial charge in [-0.2, -0.15) is 0 Å². The summed E-state index contributed by atoms with van der Waals surface area (Å²) in [6.07, 6.45) is 2.01. The molecule has 3 heterocycles. The number of amides is 1. The second kappa shape index (κ2) is 7.70. The molecule has 8 heteroatoms. The average Bonchev–Trinajstić information content (AvgIpc) is 3.37. The molecule has 1 fully saturated rings. The third-order valence-corrected chi connectivity index (χ3v) is 5.85. The van der Waals surface area contributed by atoms with Crippen molar-refractivity contribution in [3.05, 3.63) is 58.6 Å². The first-order valence-corrected chi connectivity index (χ1v) is 10.6. The molecule has 0 aliphatic carbocycles. The van der Waals surface area contributed by atoms with Crippen LogP contribution in [0.1, 0.15) is 23.2 Å². The fraction of sp³-hybridized carbons (Fsp3) is 0.227. The number of hydrogen-bond donors (Lipinski definition) is 2. The lowest BCUT2D eigenvalue weighted by Crippen LogP contribution is -2.32. The van der Waals surface area contributed by atoms with Crippen LogP contribution in [0.15, 0.2) is 53.0 Å². The number of anilines is 1. The van der Waals surface area contributed by atoms with Crippen LogP contribution in [0.2, 0.25) is 0 Å². The first kappa shape index (κ1) is 19.0. The van der Waals surface area contributed by atoms with Gasteiger partial charge in [0, 0.05) is 23.3 Å². The van der Waals surface area contributed by atoms with E-state index in [1.165, 1.54) is 0 Å². The molecule has 2 aromatic heterocycles. The molecular weight excluding hydrogens is 446 g/mol. The lowest BCUT2D eigenvalue weighted by molar-refractivity contribution is 0.0859. The van der Waals surface area contributed by atoms with E-state index < -0.39 is 0 Å². The summed E-state index contributed by atoms with van der Waals surface area (Å²) in [6, 6.07) is 15.3. The molecule has 0 bridgehead atoms. The van der Waals surface area contributed by atoms with E-state index in [4.69, 9.17) is 20.4 Å². The van der Waals surface area contributed by atoms with Crippen LogP contribution in [0.5, 0.6) is 0 Å². The molecule has 1 amide bonds. The van der Waals surface area contributed by atoms with E-state index in [2.05, 4.69) is 21.2 Å². The van der Waals surface area contributed by atoms with Gasteiger partial charge in [0.2, 0.25) is 0 Å². The number of nitrogens with zero attached hydrogens (tertiary/aromatic N) is 3. The Morgan fingerprint density at radius 3 is 2.60 bits per heavy atom. The highest BCUT2D eigenvalue weighted by atomic mass is 79.9. The van der Waals surface area contributed by atoms with Gasteiger partial charge >= 0.3 is 0 Å². The first-order valence-electron chi connectivity index (χ1n) is 9.84. The quantitative estimate of drug-likeness (QED) is 0.477. The predicted octanol–water partition coefficient (Wildman–Crippen LogP) is 3.83. The van der Waals surface area contributed by atoms with Crippen molar-refractivity contribution in [3.63, 3.8) is 0 Å². The molecule has 0 saturated carbocycles. The number of nitrogens with one attached hydrogen (secondary N) is 1. The number of nitrogen functional groups attached to an aromatic ring is 1. The van der Waals surface area contributed by atoms with E-state index in [1.54, 1.807) is 4.57 Å². The molecule has 5 rings (SSSR count). The molecular formula is C22H20BrN5O2. The van der Waals surface area contributed by atoms with Gasteiger partial charge in [-0.3, -0.25) is 9.36 Å². The van der Waals surface area contributed by atoms with Crippen molar-refractivity contribution >= 4 is 49.9 Å². The van der Waals surface area contributed by atoms with Gasteiger partial charge < -0.3 is 15.8 Å². The SMILES string of the molecule is Nc1c(C(=O)NC[C@H]2CCCO2)c2nc3ccccc3nc2n1-c1ccc(Br)cc1. The predicted molar refractivity (Wildman–Crippen MR) is 120 cm³/mol. The van der Waals surface area contributed by atoms with Crippen molar-refractivity contribution < 1.29 is 9.53 Å². The smallest absolute Gasteiger partial charge is 0.257 e. The molecule has 1 aliphatic rings. The maximum absolute atomic E-state index is 13.1. The minimum absolute atomic E-state index is 0.0434. The van der Waals surface area contributed by atoms with Crippen LogP contribution in [0.3, 0.4) is 0 Å². The van der Waals surface area contributed by atoms with Gasteiger partial charge in [0.25, 0.3) is 5.91 Å². The maximum Gasteiger partial charge on any atom is 0.257 e. The van der Waals surface area contributed by atoms with E-state index in [9.17, 15) is 4.79 Å². The summed E-state index contributed by atoms with van der Waals surface area (Å²) < 4.78 is 8.35.